The fourth-order valence-corrected chi connectivity index (χ4v) is 2.03. The molecule has 5 nitrogen and oxygen atoms in total. The SMILES string of the molecule is CCC(C)(C)C(=O)Nc1cc(-c2ccc(O)c(F)c2)ccc1N=O. The van der Waals surface area contributed by atoms with Crippen LogP contribution in [0.25, 0.3) is 11.1 Å². The van der Waals surface area contributed by atoms with E-state index in [1.807, 2.05) is 6.92 Å². The molecule has 0 saturated heterocycles. The first-order chi connectivity index (χ1) is 11.3. The van der Waals surface area contributed by atoms with E-state index < -0.39 is 17.0 Å². The summed E-state index contributed by atoms with van der Waals surface area (Å²) < 4.78 is 13.5. The van der Waals surface area contributed by atoms with Gasteiger partial charge in [-0.25, -0.2) is 4.39 Å². The minimum absolute atomic E-state index is 0.0956. The van der Waals surface area contributed by atoms with Crippen LogP contribution in [0, 0.1) is 16.1 Å². The van der Waals surface area contributed by atoms with Crippen molar-refractivity contribution >= 4 is 17.3 Å². The van der Waals surface area contributed by atoms with Crippen LogP contribution in [-0.2, 0) is 4.79 Å². The molecule has 0 atom stereocenters. The second kappa shape index (κ2) is 6.78. The monoisotopic (exact) mass is 330 g/mol. The Morgan fingerprint density at radius 3 is 2.42 bits per heavy atom. The summed E-state index contributed by atoms with van der Waals surface area (Å²) in [7, 11) is 0. The molecule has 2 aromatic carbocycles. The summed E-state index contributed by atoms with van der Waals surface area (Å²) in [6.07, 6.45) is 0.631. The molecule has 0 heterocycles. The maximum atomic E-state index is 13.5. The molecule has 0 fully saturated rings. The molecule has 6 heteroatoms. The van der Waals surface area contributed by atoms with E-state index >= 15 is 0 Å². The second-order valence-corrected chi connectivity index (χ2v) is 6.18. The highest BCUT2D eigenvalue weighted by Crippen LogP contribution is 2.33. The molecule has 0 aliphatic rings. The van der Waals surface area contributed by atoms with Gasteiger partial charge in [0.25, 0.3) is 0 Å². The Hall–Kier alpha value is -2.76. The number of anilines is 1. The molecule has 126 valence electrons. The van der Waals surface area contributed by atoms with Crippen LogP contribution in [0.4, 0.5) is 15.8 Å². The third-order valence-corrected chi connectivity index (χ3v) is 4.12. The molecule has 0 aliphatic heterocycles. The summed E-state index contributed by atoms with van der Waals surface area (Å²) in [5.41, 5.74) is 0.862. The molecule has 2 N–H and O–H groups in total. The van der Waals surface area contributed by atoms with Crippen molar-refractivity contribution in [2.45, 2.75) is 27.2 Å². The topological polar surface area (TPSA) is 78.8 Å². The highest BCUT2D eigenvalue weighted by Gasteiger charge is 2.26. The molecule has 0 aliphatic carbocycles. The van der Waals surface area contributed by atoms with Crippen molar-refractivity contribution in [3.8, 4) is 16.9 Å². The van der Waals surface area contributed by atoms with E-state index in [-0.39, 0.29) is 17.3 Å². The fraction of sp³-hybridized carbons (Fsp3) is 0.278. The van der Waals surface area contributed by atoms with Crippen LogP contribution in [0.1, 0.15) is 27.2 Å². The number of carbonyl (C=O) groups is 1. The molecule has 1 amide bonds. The fourth-order valence-electron chi connectivity index (χ4n) is 2.03. The van der Waals surface area contributed by atoms with Crippen LogP contribution >= 0.6 is 0 Å². The van der Waals surface area contributed by atoms with Gasteiger partial charge < -0.3 is 10.4 Å². The van der Waals surface area contributed by atoms with Gasteiger partial charge in [-0.15, -0.1) is 4.91 Å². The molecule has 2 aromatic rings. The average molecular weight is 330 g/mol. The first kappa shape index (κ1) is 17.6. The Morgan fingerprint density at radius 2 is 1.83 bits per heavy atom. The van der Waals surface area contributed by atoms with Gasteiger partial charge >= 0.3 is 0 Å². The Kier molecular flexibility index (Phi) is 4.97. The van der Waals surface area contributed by atoms with Crippen molar-refractivity contribution in [2.24, 2.45) is 10.6 Å². The van der Waals surface area contributed by atoms with Gasteiger partial charge in [-0.05, 0) is 47.0 Å². The average Bonchev–Trinajstić information content (AvgIpc) is 2.57. The van der Waals surface area contributed by atoms with Crippen LogP contribution in [0.15, 0.2) is 41.6 Å². The maximum absolute atomic E-state index is 13.5. The van der Waals surface area contributed by atoms with Gasteiger partial charge in [-0.1, -0.05) is 32.9 Å². The number of nitrogens with zero attached hydrogens (tertiary/aromatic N) is 1. The first-order valence-electron chi connectivity index (χ1n) is 7.56. The Labute approximate surface area is 139 Å². The zero-order chi connectivity index (χ0) is 17.9. The summed E-state index contributed by atoms with van der Waals surface area (Å²) in [6.45, 7) is 5.50. The van der Waals surface area contributed by atoms with Crippen molar-refractivity contribution in [1.82, 2.24) is 0 Å². The van der Waals surface area contributed by atoms with E-state index in [4.69, 9.17) is 0 Å². The summed E-state index contributed by atoms with van der Waals surface area (Å²) in [6, 6.07) is 8.59. The van der Waals surface area contributed by atoms with Crippen molar-refractivity contribution in [1.29, 1.82) is 0 Å². The van der Waals surface area contributed by atoms with Gasteiger partial charge in [0.15, 0.2) is 11.6 Å². The van der Waals surface area contributed by atoms with Crippen molar-refractivity contribution in [3.05, 3.63) is 47.1 Å². The number of aromatic hydroxyl groups is 1. The second-order valence-electron chi connectivity index (χ2n) is 6.18. The van der Waals surface area contributed by atoms with Gasteiger partial charge in [0.05, 0.1) is 5.69 Å². The van der Waals surface area contributed by atoms with Crippen LogP contribution < -0.4 is 5.32 Å². The van der Waals surface area contributed by atoms with Gasteiger partial charge in [0, 0.05) is 5.41 Å². The quantitative estimate of drug-likeness (QED) is 0.760. The highest BCUT2D eigenvalue weighted by atomic mass is 19.1. The minimum Gasteiger partial charge on any atom is -0.505 e. The predicted molar refractivity (Wildman–Crippen MR) is 91.7 cm³/mol. The first-order valence-corrected chi connectivity index (χ1v) is 7.56. The minimum atomic E-state index is -0.747. The van der Waals surface area contributed by atoms with E-state index in [9.17, 15) is 19.2 Å². The summed E-state index contributed by atoms with van der Waals surface area (Å²) in [4.78, 5) is 23.3. The van der Waals surface area contributed by atoms with E-state index in [0.717, 1.165) is 0 Å². The molecule has 0 spiro atoms. The largest absolute Gasteiger partial charge is 0.505 e. The summed E-state index contributed by atoms with van der Waals surface area (Å²) in [5, 5.41) is 14.9. The van der Waals surface area contributed by atoms with Gasteiger partial charge in [0.2, 0.25) is 5.91 Å². The molecule has 2 rings (SSSR count). The Balaban J connectivity index is 2.42. The van der Waals surface area contributed by atoms with Crippen LogP contribution in [0.5, 0.6) is 5.75 Å². The number of rotatable bonds is 5. The lowest BCUT2D eigenvalue weighted by atomic mass is 9.89. The van der Waals surface area contributed by atoms with Crippen LogP contribution in [-0.4, -0.2) is 11.0 Å². The number of phenolic OH excluding ortho intramolecular Hbond substituents is 1. The molecule has 0 radical (unpaired) electrons. The molecular weight excluding hydrogens is 311 g/mol. The summed E-state index contributed by atoms with van der Waals surface area (Å²) >= 11 is 0. The zero-order valence-electron chi connectivity index (χ0n) is 13.8. The number of nitroso groups, excluding NO2 is 1. The Bertz CT molecular complexity index is 788. The normalized spacial score (nSPS) is 11.2. The smallest absolute Gasteiger partial charge is 0.230 e. The zero-order valence-corrected chi connectivity index (χ0v) is 13.8. The highest BCUT2D eigenvalue weighted by molar-refractivity contribution is 5.98. The number of nitrogens with one attached hydrogen (secondary N) is 1. The van der Waals surface area contributed by atoms with E-state index in [1.54, 1.807) is 32.0 Å². The number of phenols is 1. The third kappa shape index (κ3) is 3.59. The number of amides is 1. The number of halogens is 1. The van der Waals surface area contributed by atoms with E-state index in [1.165, 1.54) is 18.2 Å². The molecule has 24 heavy (non-hydrogen) atoms. The third-order valence-electron chi connectivity index (χ3n) is 4.12. The molecular formula is C18H19FN2O3. The number of carbonyl (C=O) groups excluding carboxylic acids is 1. The van der Waals surface area contributed by atoms with Crippen LogP contribution in [0.3, 0.4) is 0 Å². The van der Waals surface area contributed by atoms with Gasteiger partial charge in [0.1, 0.15) is 5.69 Å². The van der Waals surface area contributed by atoms with Gasteiger partial charge in [-0.2, -0.15) is 0 Å². The molecule has 0 saturated carbocycles. The van der Waals surface area contributed by atoms with E-state index in [2.05, 4.69) is 10.5 Å². The lowest BCUT2D eigenvalue weighted by Crippen LogP contribution is -2.30. The van der Waals surface area contributed by atoms with Crippen molar-refractivity contribution in [2.75, 3.05) is 5.32 Å². The molecule has 0 unspecified atom stereocenters. The summed E-state index contributed by atoms with van der Waals surface area (Å²) in [5.74, 6) is -1.42. The predicted octanol–water partition coefficient (Wildman–Crippen LogP) is 4.97. The standard InChI is InChI=1S/C18H19FN2O3/c1-4-18(2,3)17(23)20-15-10-12(5-7-14(15)21-24)11-6-8-16(22)13(19)9-11/h5-10,22H,4H2,1-3H3,(H,20,23). The lowest BCUT2D eigenvalue weighted by Gasteiger charge is -2.22. The van der Waals surface area contributed by atoms with Crippen molar-refractivity contribution in [3.63, 3.8) is 0 Å². The van der Waals surface area contributed by atoms with Crippen LogP contribution in [0.2, 0.25) is 0 Å². The van der Waals surface area contributed by atoms with Crippen molar-refractivity contribution < 1.29 is 14.3 Å². The molecule has 0 bridgehead atoms. The number of benzene rings is 2. The van der Waals surface area contributed by atoms with E-state index in [0.29, 0.717) is 17.5 Å². The Morgan fingerprint density at radius 1 is 1.21 bits per heavy atom. The lowest BCUT2D eigenvalue weighted by molar-refractivity contribution is -0.124. The molecule has 0 aromatic heterocycles. The number of hydrogen-bond donors (Lipinski definition) is 2. The maximum Gasteiger partial charge on any atom is 0.230 e. The number of hydrogen-bond acceptors (Lipinski definition) is 4. The van der Waals surface area contributed by atoms with Gasteiger partial charge in [-0.3, -0.25) is 4.79 Å².